The first kappa shape index (κ1) is 15.6. The maximum atomic E-state index is 13.0. The predicted molar refractivity (Wildman–Crippen MR) is 98.9 cm³/mol. The summed E-state index contributed by atoms with van der Waals surface area (Å²) in [4.78, 5) is 29.6. The highest BCUT2D eigenvalue weighted by atomic mass is 16.2. The number of likely N-dealkylation sites (tertiary alicyclic amines) is 1. The second kappa shape index (κ2) is 6.55. The highest BCUT2D eigenvalue weighted by Gasteiger charge is 2.25. The maximum Gasteiger partial charge on any atom is 0.254 e. The van der Waals surface area contributed by atoms with E-state index in [-0.39, 0.29) is 11.5 Å². The van der Waals surface area contributed by atoms with Crippen LogP contribution in [0.4, 0.5) is 0 Å². The highest BCUT2D eigenvalue weighted by Crippen LogP contribution is 2.29. The zero-order valence-corrected chi connectivity index (χ0v) is 13.9. The van der Waals surface area contributed by atoms with Gasteiger partial charge in [-0.1, -0.05) is 48.5 Å². The van der Waals surface area contributed by atoms with Crippen LogP contribution in [0.2, 0.25) is 0 Å². The Bertz CT molecular complexity index is 954. The fourth-order valence-corrected chi connectivity index (χ4v) is 3.69. The van der Waals surface area contributed by atoms with Crippen molar-refractivity contribution in [3.05, 3.63) is 82.1 Å². The van der Waals surface area contributed by atoms with E-state index in [1.54, 1.807) is 0 Å². The van der Waals surface area contributed by atoms with Crippen LogP contribution >= 0.6 is 0 Å². The number of H-pyrrole nitrogens is 1. The number of aromatic nitrogens is 1. The van der Waals surface area contributed by atoms with Gasteiger partial charge in [0.05, 0.1) is 5.56 Å². The molecule has 1 aliphatic rings. The maximum absolute atomic E-state index is 13.0. The lowest BCUT2D eigenvalue weighted by molar-refractivity contribution is 0.0715. The number of piperidine rings is 1. The fourth-order valence-electron chi connectivity index (χ4n) is 3.69. The molecule has 0 atom stereocenters. The van der Waals surface area contributed by atoms with Gasteiger partial charge >= 0.3 is 0 Å². The molecule has 4 nitrogen and oxygen atoms in total. The van der Waals surface area contributed by atoms with Crippen molar-refractivity contribution >= 4 is 16.8 Å². The van der Waals surface area contributed by atoms with Crippen molar-refractivity contribution in [2.24, 2.45) is 0 Å². The summed E-state index contributed by atoms with van der Waals surface area (Å²) >= 11 is 0. The summed E-state index contributed by atoms with van der Waals surface area (Å²) in [6.07, 6.45) is 1.91. The minimum atomic E-state index is -0.235. The van der Waals surface area contributed by atoms with Gasteiger partial charge in [-0.05, 0) is 30.4 Å². The molecule has 1 saturated heterocycles. The number of hydrogen-bond acceptors (Lipinski definition) is 2. The Balaban J connectivity index is 1.56. The smallest absolute Gasteiger partial charge is 0.254 e. The van der Waals surface area contributed by atoms with Crippen molar-refractivity contribution in [2.45, 2.75) is 18.8 Å². The van der Waals surface area contributed by atoms with Crippen LogP contribution in [0.1, 0.15) is 34.7 Å². The molecule has 0 radical (unpaired) electrons. The number of amides is 1. The molecule has 25 heavy (non-hydrogen) atoms. The Labute approximate surface area is 146 Å². The van der Waals surface area contributed by atoms with Crippen molar-refractivity contribution < 1.29 is 4.79 Å². The minimum Gasteiger partial charge on any atom is -0.339 e. The Morgan fingerprint density at radius 1 is 0.960 bits per heavy atom. The van der Waals surface area contributed by atoms with Gasteiger partial charge in [0.25, 0.3) is 5.91 Å². The molecule has 0 bridgehead atoms. The quantitative estimate of drug-likeness (QED) is 0.780. The van der Waals surface area contributed by atoms with Gasteiger partial charge in [0.1, 0.15) is 0 Å². The number of fused-ring (bicyclic) bond motifs is 1. The number of rotatable bonds is 2. The molecular weight excluding hydrogens is 312 g/mol. The second-order valence-electron chi connectivity index (χ2n) is 6.57. The van der Waals surface area contributed by atoms with Crippen LogP contribution in [0.25, 0.3) is 10.9 Å². The van der Waals surface area contributed by atoms with Crippen LogP contribution in [-0.4, -0.2) is 28.9 Å². The van der Waals surface area contributed by atoms with E-state index in [2.05, 4.69) is 29.2 Å². The lowest BCUT2D eigenvalue weighted by Gasteiger charge is -2.32. The molecule has 1 N–H and O–H groups in total. The number of pyridine rings is 1. The molecule has 0 saturated carbocycles. The lowest BCUT2D eigenvalue weighted by atomic mass is 9.89. The van der Waals surface area contributed by atoms with Crippen LogP contribution in [0.15, 0.2) is 65.5 Å². The Morgan fingerprint density at radius 2 is 1.64 bits per heavy atom. The highest BCUT2D eigenvalue weighted by molar-refractivity contribution is 6.05. The number of carbonyl (C=O) groups excluding carboxylic acids is 1. The molecule has 1 fully saturated rings. The normalized spacial score (nSPS) is 15.4. The van der Waals surface area contributed by atoms with Gasteiger partial charge < -0.3 is 9.88 Å². The molecular formula is C21H20N2O2. The van der Waals surface area contributed by atoms with E-state index < -0.39 is 0 Å². The third-order valence-corrected chi connectivity index (χ3v) is 5.03. The van der Waals surface area contributed by atoms with Crippen LogP contribution in [0.3, 0.4) is 0 Å². The first-order chi connectivity index (χ1) is 12.2. The van der Waals surface area contributed by atoms with Crippen LogP contribution in [0.5, 0.6) is 0 Å². The van der Waals surface area contributed by atoms with Gasteiger partial charge in [-0.3, -0.25) is 9.59 Å². The Kier molecular flexibility index (Phi) is 4.10. The van der Waals surface area contributed by atoms with Gasteiger partial charge in [0.2, 0.25) is 5.56 Å². The molecule has 3 aromatic rings. The summed E-state index contributed by atoms with van der Waals surface area (Å²) in [5, 5.41) is 0.803. The van der Waals surface area contributed by atoms with Crippen LogP contribution in [0, 0.1) is 0 Å². The van der Waals surface area contributed by atoms with E-state index in [0.29, 0.717) is 17.0 Å². The first-order valence-corrected chi connectivity index (χ1v) is 8.68. The zero-order valence-electron chi connectivity index (χ0n) is 13.9. The third-order valence-electron chi connectivity index (χ3n) is 5.03. The predicted octanol–water partition coefficient (Wildman–Crippen LogP) is 3.55. The molecule has 1 amide bonds. The monoisotopic (exact) mass is 332 g/mol. The topological polar surface area (TPSA) is 53.2 Å². The fraction of sp³-hybridized carbons (Fsp3) is 0.238. The summed E-state index contributed by atoms with van der Waals surface area (Å²) < 4.78 is 0. The van der Waals surface area contributed by atoms with E-state index in [1.807, 2.05) is 35.2 Å². The van der Waals surface area contributed by atoms with E-state index in [9.17, 15) is 9.59 Å². The van der Waals surface area contributed by atoms with Crippen molar-refractivity contribution in [3.63, 3.8) is 0 Å². The van der Waals surface area contributed by atoms with Gasteiger partial charge in [-0.25, -0.2) is 0 Å². The van der Waals surface area contributed by atoms with Crippen molar-refractivity contribution in [1.29, 1.82) is 0 Å². The largest absolute Gasteiger partial charge is 0.339 e. The van der Waals surface area contributed by atoms with E-state index in [0.717, 1.165) is 31.3 Å². The van der Waals surface area contributed by atoms with E-state index >= 15 is 0 Å². The molecule has 126 valence electrons. The molecule has 2 aromatic carbocycles. The van der Waals surface area contributed by atoms with Gasteiger partial charge in [-0.15, -0.1) is 0 Å². The molecule has 0 unspecified atom stereocenters. The average molecular weight is 332 g/mol. The van der Waals surface area contributed by atoms with E-state index in [1.165, 1.54) is 11.6 Å². The Hall–Kier alpha value is -2.88. The van der Waals surface area contributed by atoms with Crippen molar-refractivity contribution in [2.75, 3.05) is 13.1 Å². The second-order valence-corrected chi connectivity index (χ2v) is 6.57. The number of hydrogen-bond donors (Lipinski definition) is 1. The molecule has 1 aromatic heterocycles. The first-order valence-electron chi connectivity index (χ1n) is 8.68. The average Bonchev–Trinajstić information content (AvgIpc) is 2.67. The minimum absolute atomic E-state index is 0.0474. The van der Waals surface area contributed by atoms with Gasteiger partial charge in [-0.2, -0.15) is 0 Å². The molecule has 0 aliphatic carbocycles. The van der Waals surface area contributed by atoms with Crippen LogP contribution in [-0.2, 0) is 0 Å². The molecule has 2 heterocycles. The van der Waals surface area contributed by atoms with Gasteiger partial charge in [0, 0.05) is 30.1 Å². The number of nitrogens with zero attached hydrogens (tertiary/aromatic N) is 1. The molecule has 0 spiro atoms. The third kappa shape index (κ3) is 3.07. The molecule has 1 aliphatic heterocycles. The van der Waals surface area contributed by atoms with E-state index in [4.69, 9.17) is 0 Å². The van der Waals surface area contributed by atoms with Crippen molar-refractivity contribution in [1.82, 2.24) is 9.88 Å². The standard InChI is InChI=1S/C21H20N2O2/c24-20-14-18(17-8-4-5-9-19(17)22-20)21(25)23-12-10-16(11-13-23)15-6-2-1-3-7-15/h1-9,14,16H,10-13H2,(H,22,24). The number of nitrogens with one attached hydrogen (secondary N) is 1. The number of benzene rings is 2. The summed E-state index contributed by atoms with van der Waals surface area (Å²) in [7, 11) is 0. The summed E-state index contributed by atoms with van der Waals surface area (Å²) in [6.45, 7) is 1.44. The number of aromatic amines is 1. The lowest BCUT2D eigenvalue weighted by Crippen LogP contribution is -2.38. The SMILES string of the molecule is O=C(c1cc(=O)[nH]c2ccccc12)N1CCC(c2ccccc2)CC1. The number of para-hydroxylation sites is 1. The summed E-state index contributed by atoms with van der Waals surface area (Å²) in [6, 6.07) is 19.4. The number of carbonyl (C=O) groups is 1. The zero-order chi connectivity index (χ0) is 17.2. The molecule has 4 rings (SSSR count). The Morgan fingerprint density at radius 3 is 2.40 bits per heavy atom. The van der Waals surface area contributed by atoms with Crippen molar-refractivity contribution in [3.8, 4) is 0 Å². The van der Waals surface area contributed by atoms with Gasteiger partial charge in [0.15, 0.2) is 0 Å². The summed E-state index contributed by atoms with van der Waals surface area (Å²) in [5.74, 6) is 0.454. The van der Waals surface area contributed by atoms with Crippen LogP contribution < -0.4 is 5.56 Å². The summed E-state index contributed by atoms with van der Waals surface area (Å²) in [5.41, 5.74) is 2.31. The molecule has 4 heteroatoms.